The lowest BCUT2D eigenvalue weighted by atomic mass is 9.99. The summed E-state index contributed by atoms with van der Waals surface area (Å²) in [5.74, 6) is -0.407. The maximum absolute atomic E-state index is 13.5. The van der Waals surface area contributed by atoms with Gasteiger partial charge in [0.05, 0.1) is 23.9 Å². The Balaban J connectivity index is 1.69. The maximum atomic E-state index is 13.5. The van der Waals surface area contributed by atoms with Crippen molar-refractivity contribution < 1.29 is 17.9 Å². The molecular weight excluding hydrogens is 459 g/mol. The molecule has 1 aliphatic heterocycles. The van der Waals surface area contributed by atoms with Gasteiger partial charge in [0.25, 0.3) is 5.56 Å². The highest BCUT2D eigenvalue weighted by molar-refractivity contribution is 5.89. The van der Waals surface area contributed by atoms with E-state index in [1.165, 1.54) is 22.8 Å². The molecule has 0 amide bonds. The van der Waals surface area contributed by atoms with E-state index >= 15 is 0 Å². The molecule has 0 radical (unpaired) electrons. The number of hydrogen-bond donors (Lipinski definition) is 0. The Morgan fingerprint density at radius 1 is 1.14 bits per heavy atom. The minimum Gasteiger partial charge on any atom is -0.364 e. The van der Waals surface area contributed by atoms with Crippen LogP contribution < -0.4 is 10.5 Å². The first-order valence-corrected chi connectivity index (χ1v) is 11.3. The number of nitrogens with zero attached hydrogens (tertiary/aromatic N) is 5. The second-order valence-electron chi connectivity index (χ2n) is 8.81. The Kier molecular flexibility index (Phi) is 7.10. The highest BCUT2D eigenvalue weighted by Crippen LogP contribution is 2.33. The van der Waals surface area contributed by atoms with Gasteiger partial charge in [-0.05, 0) is 43.7 Å². The van der Waals surface area contributed by atoms with Crippen LogP contribution in [0.1, 0.15) is 31.1 Å². The van der Waals surface area contributed by atoms with Gasteiger partial charge in [-0.3, -0.25) is 9.69 Å². The number of alkyl halides is 2. The molecule has 1 unspecified atom stereocenters. The smallest absolute Gasteiger partial charge is 0.345 e. The third kappa shape index (κ3) is 5.01. The van der Waals surface area contributed by atoms with Crippen LogP contribution in [-0.2, 0) is 11.8 Å². The monoisotopic (exact) mass is 485 g/mol. The molecule has 10 heteroatoms. The number of fused-ring (bicyclic) bond motifs is 1. The fourth-order valence-electron chi connectivity index (χ4n) is 4.75. The van der Waals surface area contributed by atoms with Crippen molar-refractivity contribution >= 4 is 16.7 Å². The van der Waals surface area contributed by atoms with Gasteiger partial charge in [-0.2, -0.15) is 14.0 Å². The molecule has 184 valence electrons. The molecule has 35 heavy (non-hydrogen) atoms. The molecule has 7 nitrogen and oxygen atoms in total. The molecule has 0 N–H and O–H groups in total. The molecule has 0 spiro atoms. The van der Waals surface area contributed by atoms with Crippen LogP contribution in [0.15, 0.2) is 47.3 Å². The normalized spacial score (nSPS) is 19.8. The molecule has 3 aromatic rings. The van der Waals surface area contributed by atoms with Crippen molar-refractivity contribution in [1.29, 1.82) is 5.26 Å². The van der Waals surface area contributed by atoms with Gasteiger partial charge in [0, 0.05) is 38.3 Å². The largest absolute Gasteiger partial charge is 0.364 e. The van der Waals surface area contributed by atoms with Crippen molar-refractivity contribution in [2.45, 2.75) is 38.6 Å². The first-order valence-electron chi connectivity index (χ1n) is 11.3. The SMILES string of the molecule is C[C@H]1CN(C(COC(F)F)c2ccc(F)cc2)[C@@H](C)CN1c1cc(=O)n(C)c2ccc(C#N)nc12. The Morgan fingerprint density at radius 3 is 2.51 bits per heavy atom. The standard InChI is InChI=1S/C25H26F3N5O2/c1-15-13-33(22(14-35-25(27)28)17-4-6-18(26)7-5-17)16(2)12-32(15)21-10-23(34)31(3)20-9-8-19(11-29)30-24(20)21/h4-10,15-16,22,25H,12-14H2,1-3H3/t15-,16-,22?/m0/s1. The van der Waals surface area contributed by atoms with E-state index in [1.54, 1.807) is 31.3 Å². The second kappa shape index (κ2) is 10.1. The number of halogens is 3. The zero-order valence-corrected chi connectivity index (χ0v) is 19.7. The average molecular weight is 486 g/mol. The van der Waals surface area contributed by atoms with E-state index in [1.807, 2.05) is 19.9 Å². The molecule has 1 aliphatic rings. The van der Waals surface area contributed by atoms with E-state index in [-0.39, 0.29) is 29.9 Å². The van der Waals surface area contributed by atoms with Crippen molar-refractivity contribution in [2.24, 2.45) is 7.05 Å². The summed E-state index contributed by atoms with van der Waals surface area (Å²) in [6, 6.07) is 11.9. The van der Waals surface area contributed by atoms with Crippen LogP contribution in [0.25, 0.3) is 11.0 Å². The molecule has 0 aliphatic carbocycles. The van der Waals surface area contributed by atoms with Crippen LogP contribution in [0.3, 0.4) is 0 Å². The lowest BCUT2D eigenvalue weighted by Gasteiger charge is -2.48. The van der Waals surface area contributed by atoms with Gasteiger partial charge in [0.1, 0.15) is 23.1 Å². The second-order valence-corrected chi connectivity index (χ2v) is 8.81. The molecule has 3 heterocycles. The first-order chi connectivity index (χ1) is 16.7. The Bertz CT molecular complexity index is 1310. The zero-order chi connectivity index (χ0) is 25.3. The van der Waals surface area contributed by atoms with Gasteiger partial charge in [-0.1, -0.05) is 12.1 Å². The van der Waals surface area contributed by atoms with Crippen molar-refractivity contribution in [1.82, 2.24) is 14.5 Å². The summed E-state index contributed by atoms with van der Waals surface area (Å²) < 4.78 is 45.5. The van der Waals surface area contributed by atoms with Gasteiger partial charge in [-0.25, -0.2) is 9.37 Å². The quantitative estimate of drug-likeness (QED) is 0.529. The summed E-state index contributed by atoms with van der Waals surface area (Å²) in [5, 5.41) is 9.34. The molecular formula is C25H26F3N5O2. The van der Waals surface area contributed by atoms with Crippen molar-refractivity contribution in [3.05, 3.63) is 69.9 Å². The molecule has 1 saturated heterocycles. The highest BCUT2D eigenvalue weighted by atomic mass is 19.3. The Hall–Kier alpha value is -3.42. The minimum absolute atomic E-state index is 0.122. The number of anilines is 1. The van der Waals surface area contributed by atoms with Crippen molar-refractivity contribution in [3.8, 4) is 6.07 Å². The van der Waals surface area contributed by atoms with Crippen LogP contribution in [0.2, 0.25) is 0 Å². The Morgan fingerprint density at radius 2 is 1.86 bits per heavy atom. The molecule has 1 aromatic carbocycles. The summed E-state index contributed by atoms with van der Waals surface area (Å²) in [7, 11) is 1.66. The summed E-state index contributed by atoms with van der Waals surface area (Å²) in [6.07, 6.45) is 0. The third-order valence-corrected chi connectivity index (χ3v) is 6.56. The van der Waals surface area contributed by atoms with Crippen LogP contribution in [0, 0.1) is 17.1 Å². The lowest BCUT2D eigenvalue weighted by molar-refractivity contribution is -0.144. The number of benzene rings is 1. The molecule has 0 bridgehead atoms. The van der Waals surface area contributed by atoms with E-state index < -0.39 is 18.5 Å². The first kappa shape index (κ1) is 24.7. The average Bonchev–Trinajstić information content (AvgIpc) is 2.84. The zero-order valence-electron chi connectivity index (χ0n) is 19.7. The molecule has 2 aromatic heterocycles. The molecule has 3 atom stereocenters. The van der Waals surface area contributed by atoms with Crippen LogP contribution in [-0.4, -0.2) is 52.8 Å². The fourth-order valence-corrected chi connectivity index (χ4v) is 4.75. The number of aromatic nitrogens is 2. The predicted molar refractivity (Wildman–Crippen MR) is 126 cm³/mol. The summed E-state index contributed by atoms with van der Waals surface area (Å²) in [5.41, 5.74) is 2.52. The van der Waals surface area contributed by atoms with Gasteiger partial charge >= 0.3 is 6.61 Å². The van der Waals surface area contributed by atoms with E-state index in [2.05, 4.69) is 19.5 Å². The molecule has 0 saturated carbocycles. The summed E-state index contributed by atoms with van der Waals surface area (Å²) in [4.78, 5) is 21.3. The highest BCUT2D eigenvalue weighted by Gasteiger charge is 2.35. The van der Waals surface area contributed by atoms with Gasteiger partial charge < -0.3 is 14.2 Å². The number of piperazine rings is 1. The minimum atomic E-state index is -2.92. The topological polar surface area (TPSA) is 74.4 Å². The van der Waals surface area contributed by atoms with Crippen LogP contribution in [0.4, 0.5) is 18.9 Å². The van der Waals surface area contributed by atoms with Gasteiger partial charge in [0.2, 0.25) is 0 Å². The van der Waals surface area contributed by atoms with E-state index in [0.717, 1.165) is 0 Å². The number of nitriles is 1. The van der Waals surface area contributed by atoms with Crippen LogP contribution >= 0.6 is 0 Å². The van der Waals surface area contributed by atoms with E-state index in [0.29, 0.717) is 35.4 Å². The number of pyridine rings is 2. The lowest BCUT2D eigenvalue weighted by Crippen LogP contribution is -2.58. The number of hydrogen-bond acceptors (Lipinski definition) is 6. The summed E-state index contributed by atoms with van der Waals surface area (Å²) >= 11 is 0. The fraction of sp³-hybridized carbons (Fsp3) is 0.400. The van der Waals surface area contributed by atoms with E-state index in [9.17, 15) is 23.2 Å². The summed E-state index contributed by atoms with van der Waals surface area (Å²) in [6.45, 7) is 1.74. The maximum Gasteiger partial charge on any atom is 0.345 e. The predicted octanol–water partition coefficient (Wildman–Crippen LogP) is 3.82. The number of rotatable bonds is 6. The third-order valence-electron chi connectivity index (χ3n) is 6.56. The molecule has 1 fully saturated rings. The number of ether oxygens (including phenoxy) is 1. The van der Waals surface area contributed by atoms with Crippen molar-refractivity contribution in [3.63, 3.8) is 0 Å². The van der Waals surface area contributed by atoms with Gasteiger partial charge in [-0.15, -0.1) is 0 Å². The van der Waals surface area contributed by atoms with E-state index in [4.69, 9.17) is 0 Å². The van der Waals surface area contributed by atoms with Crippen LogP contribution in [0.5, 0.6) is 0 Å². The Labute approximate surface area is 201 Å². The number of aryl methyl sites for hydroxylation is 1. The van der Waals surface area contributed by atoms with Gasteiger partial charge in [0.15, 0.2) is 0 Å². The molecule has 4 rings (SSSR count). The van der Waals surface area contributed by atoms with Crippen molar-refractivity contribution in [2.75, 3.05) is 24.6 Å².